The molecule has 0 bridgehead atoms. The van der Waals surface area contributed by atoms with E-state index in [-0.39, 0.29) is 5.91 Å². The van der Waals surface area contributed by atoms with E-state index in [0.29, 0.717) is 23.4 Å². The van der Waals surface area contributed by atoms with Gasteiger partial charge in [0.1, 0.15) is 0 Å². The fourth-order valence-electron chi connectivity index (χ4n) is 4.05. The number of halogens is 1. The molecular formula is C21H27BrN2OS. The van der Waals surface area contributed by atoms with Gasteiger partial charge in [-0.3, -0.25) is 4.79 Å². The lowest BCUT2D eigenvalue weighted by molar-refractivity contribution is 0.0934. The second-order valence-corrected chi connectivity index (χ2v) is 9.23. The Morgan fingerprint density at radius 2 is 1.92 bits per heavy atom. The van der Waals surface area contributed by atoms with Crippen LogP contribution in [0.3, 0.4) is 0 Å². The van der Waals surface area contributed by atoms with Gasteiger partial charge in [0.25, 0.3) is 5.91 Å². The molecule has 1 amide bonds. The number of amides is 1. The zero-order valence-corrected chi connectivity index (χ0v) is 17.9. The van der Waals surface area contributed by atoms with Crippen LogP contribution in [0.4, 0.5) is 0 Å². The van der Waals surface area contributed by atoms with Crippen molar-refractivity contribution in [1.29, 1.82) is 0 Å². The lowest BCUT2D eigenvalue weighted by atomic mass is 9.77. The quantitative estimate of drug-likeness (QED) is 0.664. The first-order valence-corrected chi connectivity index (χ1v) is 11.0. The average Bonchev–Trinajstić information content (AvgIpc) is 3.15. The summed E-state index contributed by atoms with van der Waals surface area (Å²) in [6.45, 7) is 0.776. The topological polar surface area (TPSA) is 32.3 Å². The van der Waals surface area contributed by atoms with Crippen molar-refractivity contribution >= 4 is 33.2 Å². The molecule has 1 unspecified atom stereocenters. The van der Waals surface area contributed by atoms with Crippen LogP contribution in [0.5, 0.6) is 0 Å². The van der Waals surface area contributed by atoms with E-state index in [0.717, 1.165) is 11.0 Å². The molecule has 0 spiro atoms. The first-order valence-electron chi connectivity index (χ1n) is 9.29. The van der Waals surface area contributed by atoms with Gasteiger partial charge in [-0.2, -0.15) is 0 Å². The van der Waals surface area contributed by atoms with Crippen molar-refractivity contribution in [3.8, 4) is 0 Å². The molecule has 1 atom stereocenters. The molecule has 140 valence electrons. The maximum atomic E-state index is 12.4. The van der Waals surface area contributed by atoms with Gasteiger partial charge in [0.15, 0.2) is 0 Å². The largest absolute Gasteiger partial charge is 0.352 e. The van der Waals surface area contributed by atoms with Crippen molar-refractivity contribution in [2.24, 2.45) is 11.8 Å². The normalized spacial score (nSPS) is 21.5. The van der Waals surface area contributed by atoms with Crippen LogP contribution in [0.25, 0.3) is 0 Å². The van der Waals surface area contributed by atoms with Gasteiger partial charge in [0, 0.05) is 21.9 Å². The highest BCUT2D eigenvalue weighted by Crippen LogP contribution is 2.40. The van der Waals surface area contributed by atoms with E-state index < -0.39 is 0 Å². The predicted octanol–water partition coefficient (Wildman–Crippen LogP) is 5.35. The van der Waals surface area contributed by atoms with E-state index in [9.17, 15) is 4.79 Å². The first-order chi connectivity index (χ1) is 12.6. The van der Waals surface area contributed by atoms with Gasteiger partial charge in [-0.05, 0) is 91.1 Å². The minimum absolute atomic E-state index is 0.0179. The number of hydrogen-bond donors (Lipinski definition) is 1. The Kier molecular flexibility index (Phi) is 6.90. The first kappa shape index (κ1) is 19.6. The van der Waals surface area contributed by atoms with E-state index in [4.69, 9.17) is 0 Å². The summed E-state index contributed by atoms with van der Waals surface area (Å²) in [4.78, 5) is 16.2. The summed E-state index contributed by atoms with van der Waals surface area (Å²) in [6, 6.07) is 12.5. The van der Waals surface area contributed by atoms with Crippen molar-refractivity contribution in [3.63, 3.8) is 0 Å². The summed E-state index contributed by atoms with van der Waals surface area (Å²) in [5.41, 5.74) is 0.714. The highest BCUT2D eigenvalue weighted by Gasteiger charge is 2.30. The van der Waals surface area contributed by atoms with Gasteiger partial charge in [-0.25, -0.2) is 0 Å². The van der Waals surface area contributed by atoms with E-state index in [2.05, 4.69) is 57.8 Å². The van der Waals surface area contributed by atoms with Crippen LogP contribution >= 0.6 is 27.3 Å². The molecule has 5 heteroatoms. The molecule has 1 aliphatic rings. The van der Waals surface area contributed by atoms with Gasteiger partial charge in [0.2, 0.25) is 0 Å². The number of carbonyl (C=O) groups excluding carboxylic acids is 1. The van der Waals surface area contributed by atoms with Crippen LogP contribution < -0.4 is 5.32 Å². The van der Waals surface area contributed by atoms with Gasteiger partial charge in [-0.15, -0.1) is 11.3 Å². The third kappa shape index (κ3) is 4.76. The standard InChI is InChI=1S/C21H27BrN2OS/c1-24(2)20(19-8-5-13-26-19)16-11-9-15(10-12-16)14-23-21(25)17-6-3-4-7-18(17)22/h3-8,13,15-16,20H,9-12,14H2,1-2H3,(H,23,25). The fraction of sp³-hybridized carbons (Fsp3) is 0.476. The third-order valence-corrected chi connectivity index (χ3v) is 7.03. The van der Waals surface area contributed by atoms with Crippen molar-refractivity contribution < 1.29 is 4.79 Å². The number of rotatable bonds is 6. The van der Waals surface area contributed by atoms with Crippen LogP contribution in [-0.4, -0.2) is 31.4 Å². The molecule has 3 rings (SSSR count). The van der Waals surface area contributed by atoms with Crippen molar-refractivity contribution in [2.45, 2.75) is 31.7 Å². The Bertz CT molecular complexity index is 709. The smallest absolute Gasteiger partial charge is 0.252 e. The number of nitrogens with one attached hydrogen (secondary N) is 1. The molecule has 3 nitrogen and oxygen atoms in total. The molecule has 1 N–H and O–H groups in total. The summed E-state index contributed by atoms with van der Waals surface area (Å²) < 4.78 is 0.853. The van der Waals surface area contributed by atoms with Crippen LogP contribution in [0.2, 0.25) is 0 Å². The van der Waals surface area contributed by atoms with Gasteiger partial charge >= 0.3 is 0 Å². The Hall–Kier alpha value is -1.17. The molecule has 1 saturated carbocycles. The van der Waals surface area contributed by atoms with E-state index in [1.807, 2.05) is 35.6 Å². The molecular weight excluding hydrogens is 408 g/mol. The lowest BCUT2D eigenvalue weighted by Gasteiger charge is -2.37. The Labute approximate surface area is 168 Å². The number of benzene rings is 1. The highest BCUT2D eigenvalue weighted by molar-refractivity contribution is 9.10. The van der Waals surface area contributed by atoms with Crippen LogP contribution in [0, 0.1) is 11.8 Å². The summed E-state index contributed by atoms with van der Waals surface area (Å²) in [6.07, 6.45) is 4.85. The molecule has 1 aromatic heterocycles. The monoisotopic (exact) mass is 434 g/mol. The van der Waals surface area contributed by atoms with Crippen LogP contribution in [0.15, 0.2) is 46.3 Å². The highest BCUT2D eigenvalue weighted by atomic mass is 79.9. The predicted molar refractivity (Wildman–Crippen MR) is 113 cm³/mol. The SMILES string of the molecule is CN(C)C(c1cccs1)C1CCC(CNC(=O)c2ccccc2Br)CC1. The molecule has 26 heavy (non-hydrogen) atoms. The molecule has 1 aliphatic carbocycles. The van der Waals surface area contributed by atoms with Gasteiger partial charge in [0.05, 0.1) is 5.56 Å². The van der Waals surface area contributed by atoms with Crippen molar-refractivity contribution in [1.82, 2.24) is 10.2 Å². The minimum Gasteiger partial charge on any atom is -0.352 e. The molecule has 0 aliphatic heterocycles. The minimum atomic E-state index is 0.0179. The zero-order chi connectivity index (χ0) is 18.5. The maximum absolute atomic E-state index is 12.4. The van der Waals surface area contributed by atoms with Crippen molar-refractivity contribution in [2.75, 3.05) is 20.6 Å². The molecule has 1 aromatic carbocycles. The van der Waals surface area contributed by atoms with Gasteiger partial charge < -0.3 is 10.2 Å². The maximum Gasteiger partial charge on any atom is 0.252 e. The van der Waals surface area contributed by atoms with E-state index in [1.165, 1.54) is 30.6 Å². The molecule has 0 radical (unpaired) electrons. The van der Waals surface area contributed by atoms with Gasteiger partial charge in [-0.1, -0.05) is 18.2 Å². The summed E-state index contributed by atoms with van der Waals surface area (Å²) in [5, 5.41) is 5.30. The number of carbonyl (C=O) groups is 1. The fourth-order valence-corrected chi connectivity index (χ4v) is 5.53. The Balaban J connectivity index is 1.51. The number of hydrogen-bond acceptors (Lipinski definition) is 3. The summed E-state index contributed by atoms with van der Waals surface area (Å²) >= 11 is 5.32. The third-order valence-electron chi connectivity index (χ3n) is 5.40. The zero-order valence-electron chi connectivity index (χ0n) is 15.5. The van der Waals surface area contributed by atoms with E-state index in [1.54, 1.807) is 0 Å². The Morgan fingerprint density at radius 1 is 1.19 bits per heavy atom. The second-order valence-electron chi connectivity index (χ2n) is 7.39. The van der Waals surface area contributed by atoms with Crippen LogP contribution in [-0.2, 0) is 0 Å². The second kappa shape index (κ2) is 9.16. The molecule has 1 fully saturated rings. The van der Waals surface area contributed by atoms with Crippen molar-refractivity contribution in [3.05, 3.63) is 56.7 Å². The Morgan fingerprint density at radius 3 is 2.54 bits per heavy atom. The number of nitrogens with zero attached hydrogens (tertiary/aromatic N) is 1. The van der Waals surface area contributed by atoms with Crippen LogP contribution in [0.1, 0.15) is 47.0 Å². The summed E-state index contributed by atoms with van der Waals surface area (Å²) in [5.74, 6) is 1.31. The molecule has 2 aromatic rings. The number of thiophene rings is 1. The average molecular weight is 435 g/mol. The lowest BCUT2D eigenvalue weighted by Crippen LogP contribution is -2.34. The molecule has 0 saturated heterocycles. The van der Waals surface area contributed by atoms with E-state index >= 15 is 0 Å². The molecule has 1 heterocycles. The summed E-state index contributed by atoms with van der Waals surface area (Å²) in [7, 11) is 4.38.